The number of rotatable bonds is 8. The molecule has 0 unspecified atom stereocenters. The Morgan fingerprint density at radius 2 is 1.36 bits per heavy atom. The molecule has 0 aliphatic carbocycles. The molecule has 1 N–H and O–H groups in total. The molecule has 4 aromatic carbocycles. The van der Waals surface area contributed by atoms with Crippen LogP contribution in [0.5, 0.6) is 0 Å². The third kappa shape index (κ3) is 5.13. The Kier molecular flexibility index (Phi) is 7.04. The Morgan fingerprint density at radius 3 is 2.08 bits per heavy atom. The molecule has 4 heteroatoms. The van der Waals surface area contributed by atoms with Crippen molar-refractivity contribution in [3.8, 4) is 28.1 Å². The van der Waals surface area contributed by atoms with Crippen LogP contribution in [-0.2, 0) is 6.42 Å². The molecule has 0 aliphatic rings. The first-order chi connectivity index (χ1) is 17.7. The Morgan fingerprint density at radius 1 is 0.750 bits per heavy atom. The van der Waals surface area contributed by atoms with E-state index in [0.29, 0.717) is 12.1 Å². The van der Waals surface area contributed by atoms with Crippen molar-refractivity contribution in [1.29, 1.82) is 0 Å². The second kappa shape index (κ2) is 10.9. The van der Waals surface area contributed by atoms with E-state index in [9.17, 15) is 4.79 Å². The molecule has 0 fully saturated rings. The van der Waals surface area contributed by atoms with E-state index in [4.69, 9.17) is 0 Å². The van der Waals surface area contributed by atoms with Crippen LogP contribution in [0.4, 0.5) is 0 Å². The van der Waals surface area contributed by atoms with E-state index in [1.807, 2.05) is 59.3 Å². The third-order valence-electron chi connectivity index (χ3n) is 6.39. The van der Waals surface area contributed by atoms with E-state index < -0.39 is 0 Å². The SMILES string of the molecule is Cc1ccccc1-n1ncc(C(=O)NCCCc2ccccc2)c1-c1ccc(-c2ccccc2)cc1. The van der Waals surface area contributed by atoms with Crippen molar-refractivity contribution in [1.82, 2.24) is 15.1 Å². The Balaban J connectivity index is 1.43. The molecule has 0 aliphatic heterocycles. The van der Waals surface area contributed by atoms with Gasteiger partial charge in [0.15, 0.2) is 0 Å². The smallest absolute Gasteiger partial charge is 0.255 e. The Bertz CT molecular complexity index is 1440. The fourth-order valence-corrected chi connectivity index (χ4v) is 4.46. The zero-order chi connectivity index (χ0) is 24.7. The van der Waals surface area contributed by atoms with Gasteiger partial charge in [-0.05, 0) is 48.1 Å². The number of nitrogens with one attached hydrogen (secondary N) is 1. The summed E-state index contributed by atoms with van der Waals surface area (Å²) in [7, 11) is 0. The number of amides is 1. The minimum absolute atomic E-state index is 0.106. The summed E-state index contributed by atoms with van der Waals surface area (Å²) in [6, 6.07) is 37.1. The monoisotopic (exact) mass is 471 g/mol. The van der Waals surface area contributed by atoms with Gasteiger partial charge in [0, 0.05) is 12.1 Å². The second-order valence-electron chi connectivity index (χ2n) is 8.89. The first-order valence-electron chi connectivity index (χ1n) is 12.3. The molecule has 0 bridgehead atoms. The van der Waals surface area contributed by atoms with Gasteiger partial charge in [-0.1, -0.05) is 103 Å². The number of aryl methyl sites for hydroxylation is 2. The Labute approximate surface area is 212 Å². The number of hydrogen-bond acceptors (Lipinski definition) is 2. The van der Waals surface area contributed by atoms with Crippen molar-refractivity contribution in [2.75, 3.05) is 6.54 Å². The molecule has 0 radical (unpaired) electrons. The van der Waals surface area contributed by atoms with Crippen molar-refractivity contribution >= 4 is 5.91 Å². The van der Waals surface area contributed by atoms with Gasteiger partial charge in [-0.2, -0.15) is 5.10 Å². The molecule has 0 saturated heterocycles. The molecule has 1 amide bonds. The highest BCUT2D eigenvalue weighted by atomic mass is 16.1. The van der Waals surface area contributed by atoms with E-state index in [1.165, 1.54) is 5.56 Å². The van der Waals surface area contributed by atoms with E-state index in [0.717, 1.165) is 46.5 Å². The van der Waals surface area contributed by atoms with Crippen LogP contribution in [0.2, 0.25) is 0 Å². The normalized spacial score (nSPS) is 10.8. The molecular weight excluding hydrogens is 442 g/mol. The van der Waals surface area contributed by atoms with Crippen LogP contribution >= 0.6 is 0 Å². The standard InChI is InChI=1S/C32H29N3O/c1-24-11-8-9-17-30(24)35-31(28-20-18-27(19-21-28)26-15-6-3-7-16-26)29(23-34-35)32(36)33-22-10-14-25-12-4-2-5-13-25/h2-9,11-13,15-21,23H,10,14,22H2,1H3,(H,33,36). The number of aromatic nitrogens is 2. The summed E-state index contributed by atoms with van der Waals surface area (Å²) in [5, 5.41) is 7.76. The summed E-state index contributed by atoms with van der Waals surface area (Å²) in [5.41, 5.74) is 7.94. The number of carbonyl (C=O) groups is 1. The third-order valence-corrected chi connectivity index (χ3v) is 6.39. The summed E-state index contributed by atoms with van der Waals surface area (Å²) in [5.74, 6) is -0.106. The fraction of sp³-hybridized carbons (Fsp3) is 0.125. The van der Waals surface area contributed by atoms with E-state index >= 15 is 0 Å². The fourth-order valence-electron chi connectivity index (χ4n) is 4.46. The lowest BCUT2D eigenvalue weighted by molar-refractivity contribution is 0.0954. The van der Waals surface area contributed by atoms with Gasteiger partial charge in [0.2, 0.25) is 0 Å². The molecule has 0 atom stereocenters. The molecule has 1 heterocycles. The minimum atomic E-state index is -0.106. The first-order valence-corrected chi connectivity index (χ1v) is 12.3. The Hall–Kier alpha value is -4.44. The predicted octanol–water partition coefficient (Wildman–Crippen LogP) is 6.88. The van der Waals surface area contributed by atoms with Gasteiger partial charge in [-0.25, -0.2) is 4.68 Å². The summed E-state index contributed by atoms with van der Waals surface area (Å²) < 4.78 is 1.88. The first kappa shape index (κ1) is 23.3. The quantitative estimate of drug-likeness (QED) is 0.251. The maximum absolute atomic E-state index is 13.3. The van der Waals surface area contributed by atoms with Crippen molar-refractivity contribution in [2.45, 2.75) is 19.8 Å². The zero-order valence-electron chi connectivity index (χ0n) is 20.4. The van der Waals surface area contributed by atoms with Crippen LogP contribution < -0.4 is 5.32 Å². The number of nitrogens with zero attached hydrogens (tertiary/aromatic N) is 2. The average molecular weight is 472 g/mol. The average Bonchev–Trinajstić information content (AvgIpc) is 3.37. The van der Waals surface area contributed by atoms with Crippen LogP contribution in [0.3, 0.4) is 0 Å². The maximum Gasteiger partial charge on any atom is 0.255 e. The minimum Gasteiger partial charge on any atom is -0.352 e. The highest BCUT2D eigenvalue weighted by Gasteiger charge is 2.20. The number of para-hydroxylation sites is 1. The summed E-state index contributed by atoms with van der Waals surface area (Å²) in [6.45, 7) is 2.66. The van der Waals surface area contributed by atoms with Gasteiger partial charge in [-0.15, -0.1) is 0 Å². The van der Waals surface area contributed by atoms with Gasteiger partial charge >= 0.3 is 0 Å². The molecule has 0 saturated carbocycles. The lowest BCUT2D eigenvalue weighted by atomic mass is 10.0. The summed E-state index contributed by atoms with van der Waals surface area (Å²) >= 11 is 0. The zero-order valence-corrected chi connectivity index (χ0v) is 20.4. The molecule has 1 aromatic heterocycles. The van der Waals surface area contributed by atoms with Crippen LogP contribution in [-0.4, -0.2) is 22.2 Å². The number of carbonyl (C=O) groups excluding carboxylic acids is 1. The highest BCUT2D eigenvalue weighted by molar-refractivity contribution is 6.00. The van der Waals surface area contributed by atoms with Crippen molar-refractivity contribution in [3.63, 3.8) is 0 Å². The molecule has 4 nitrogen and oxygen atoms in total. The lowest BCUT2D eigenvalue weighted by Crippen LogP contribution is -2.25. The molecule has 0 spiro atoms. The molecule has 5 rings (SSSR count). The van der Waals surface area contributed by atoms with Crippen molar-refractivity contribution < 1.29 is 4.79 Å². The summed E-state index contributed by atoms with van der Waals surface area (Å²) in [6.07, 6.45) is 3.49. The largest absolute Gasteiger partial charge is 0.352 e. The van der Waals surface area contributed by atoms with Crippen LogP contribution in [0, 0.1) is 6.92 Å². The highest BCUT2D eigenvalue weighted by Crippen LogP contribution is 2.30. The second-order valence-corrected chi connectivity index (χ2v) is 8.89. The molecule has 36 heavy (non-hydrogen) atoms. The van der Waals surface area contributed by atoms with Gasteiger partial charge in [-0.3, -0.25) is 4.79 Å². The maximum atomic E-state index is 13.3. The van der Waals surface area contributed by atoms with Gasteiger partial charge < -0.3 is 5.32 Å². The molecular formula is C32H29N3O. The summed E-state index contributed by atoms with van der Waals surface area (Å²) in [4.78, 5) is 13.3. The molecule has 178 valence electrons. The van der Waals surface area contributed by atoms with Crippen LogP contribution in [0.1, 0.15) is 27.9 Å². The van der Waals surface area contributed by atoms with Crippen LogP contribution in [0.15, 0.2) is 115 Å². The number of benzene rings is 4. The van der Waals surface area contributed by atoms with Crippen LogP contribution in [0.25, 0.3) is 28.1 Å². The van der Waals surface area contributed by atoms with E-state index in [-0.39, 0.29) is 5.91 Å². The van der Waals surface area contributed by atoms with Gasteiger partial charge in [0.25, 0.3) is 5.91 Å². The topological polar surface area (TPSA) is 46.9 Å². The van der Waals surface area contributed by atoms with Crippen molar-refractivity contribution in [3.05, 3.63) is 132 Å². The van der Waals surface area contributed by atoms with Crippen molar-refractivity contribution in [2.24, 2.45) is 0 Å². The van der Waals surface area contributed by atoms with Gasteiger partial charge in [0.05, 0.1) is 23.1 Å². The number of hydrogen-bond donors (Lipinski definition) is 1. The van der Waals surface area contributed by atoms with E-state index in [2.05, 4.69) is 71.9 Å². The lowest BCUT2D eigenvalue weighted by Gasteiger charge is -2.13. The van der Waals surface area contributed by atoms with E-state index in [1.54, 1.807) is 6.20 Å². The van der Waals surface area contributed by atoms with Gasteiger partial charge in [0.1, 0.15) is 0 Å². The molecule has 5 aromatic rings. The predicted molar refractivity (Wildman–Crippen MR) is 146 cm³/mol.